The second kappa shape index (κ2) is 3.93. The summed E-state index contributed by atoms with van der Waals surface area (Å²) in [6.07, 6.45) is 0.719. The van der Waals surface area contributed by atoms with Gasteiger partial charge in [0.25, 0.3) is 0 Å². The Balaban J connectivity index is 2.60. The van der Waals surface area contributed by atoms with Crippen molar-refractivity contribution in [2.24, 2.45) is 0 Å². The zero-order valence-corrected chi connectivity index (χ0v) is 8.13. The minimum Gasteiger partial charge on any atom is -0.452 e. The summed E-state index contributed by atoms with van der Waals surface area (Å²) in [5.41, 5.74) is 0. The number of methoxy groups -OCH3 is 1. The lowest BCUT2D eigenvalue weighted by Crippen LogP contribution is -2.41. The second-order valence-electron chi connectivity index (χ2n) is 2.70. The lowest BCUT2D eigenvalue weighted by molar-refractivity contribution is 0.177. The predicted molar refractivity (Wildman–Crippen MR) is 45.3 cm³/mol. The monoisotopic (exact) mass is 208 g/mol. The Morgan fingerprint density at radius 3 is 2.38 bits per heavy atom. The summed E-state index contributed by atoms with van der Waals surface area (Å²) in [6, 6.07) is 0. The Bertz CT molecular complexity index is 281. The first-order valence-electron chi connectivity index (χ1n) is 3.92. The Labute approximate surface area is 77.0 Å². The highest BCUT2D eigenvalue weighted by molar-refractivity contribution is 7.87. The molecule has 0 aromatic heterocycles. The third kappa shape index (κ3) is 2.56. The Morgan fingerprint density at radius 1 is 1.38 bits per heavy atom. The minimum atomic E-state index is -3.66. The molecule has 0 aliphatic carbocycles. The minimum absolute atomic E-state index is 0.465. The molecule has 1 N–H and O–H groups in total. The van der Waals surface area contributed by atoms with Gasteiger partial charge in [0.1, 0.15) is 0 Å². The van der Waals surface area contributed by atoms with Gasteiger partial charge in [-0.2, -0.15) is 12.7 Å². The largest absolute Gasteiger partial charge is 0.452 e. The highest BCUT2D eigenvalue weighted by atomic mass is 32.2. The van der Waals surface area contributed by atoms with E-state index < -0.39 is 16.3 Å². The summed E-state index contributed by atoms with van der Waals surface area (Å²) in [6.45, 7) is 0.929. The molecule has 0 radical (unpaired) electrons. The third-order valence-corrected chi connectivity index (χ3v) is 3.27. The van der Waals surface area contributed by atoms with Crippen molar-refractivity contribution >= 4 is 16.3 Å². The van der Waals surface area contributed by atoms with Crippen molar-refractivity contribution in [1.29, 1.82) is 0 Å². The Hall–Kier alpha value is -0.820. The van der Waals surface area contributed by atoms with Crippen LogP contribution in [-0.2, 0) is 14.9 Å². The van der Waals surface area contributed by atoms with E-state index in [-0.39, 0.29) is 0 Å². The molecule has 7 heteroatoms. The fourth-order valence-electron chi connectivity index (χ4n) is 1.14. The number of nitrogens with zero attached hydrogens (tertiary/aromatic N) is 1. The molecule has 0 bridgehead atoms. The average Bonchev–Trinajstić information content (AvgIpc) is 2.55. The number of hydrogen-bond donors (Lipinski definition) is 1. The second-order valence-corrected chi connectivity index (χ2v) is 4.38. The third-order valence-electron chi connectivity index (χ3n) is 1.80. The first kappa shape index (κ1) is 10.3. The first-order valence-corrected chi connectivity index (χ1v) is 5.36. The van der Waals surface area contributed by atoms with Gasteiger partial charge in [-0.05, 0) is 12.8 Å². The number of amides is 1. The number of hydrogen-bond acceptors (Lipinski definition) is 4. The quantitative estimate of drug-likeness (QED) is 0.675. The summed E-state index contributed by atoms with van der Waals surface area (Å²) >= 11 is 0. The van der Waals surface area contributed by atoms with Crippen molar-refractivity contribution in [3.63, 3.8) is 0 Å². The van der Waals surface area contributed by atoms with Crippen molar-refractivity contribution in [3.8, 4) is 0 Å². The van der Waals surface area contributed by atoms with Crippen LogP contribution in [0.4, 0.5) is 4.79 Å². The van der Waals surface area contributed by atoms with E-state index in [0.29, 0.717) is 13.1 Å². The zero-order valence-electron chi connectivity index (χ0n) is 7.32. The van der Waals surface area contributed by atoms with Crippen molar-refractivity contribution < 1.29 is 17.9 Å². The lowest BCUT2D eigenvalue weighted by Gasteiger charge is -2.14. The number of carbonyl (C=O) groups excluding carboxylic acids is 1. The van der Waals surface area contributed by atoms with Gasteiger partial charge in [-0.25, -0.2) is 9.52 Å². The molecule has 0 aromatic carbocycles. The first-order chi connectivity index (χ1) is 6.06. The normalized spacial score (nSPS) is 18.5. The summed E-state index contributed by atoms with van der Waals surface area (Å²) in [7, 11) is -2.54. The molecule has 0 atom stereocenters. The van der Waals surface area contributed by atoms with E-state index >= 15 is 0 Å². The molecular formula is C6H12N2O4S. The SMILES string of the molecule is COC(=O)NS(=O)(=O)N1CCCC1. The molecule has 0 saturated carbocycles. The van der Waals surface area contributed by atoms with Gasteiger partial charge >= 0.3 is 16.3 Å². The molecule has 1 rings (SSSR count). The predicted octanol–water partition coefficient (Wildman–Crippen LogP) is -0.317. The summed E-state index contributed by atoms with van der Waals surface area (Å²) in [5.74, 6) is 0. The number of carbonyl (C=O) groups is 1. The number of nitrogens with one attached hydrogen (secondary N) is 1. The summed E-state index contributed by atoms with van der Waals surface area (Å²) in [4.78, 5) is 10.6. The van der Waals surface area contributed by atoms with E-state index in [9.17, 15) is 13.2 Å². The lowest BCUT2D eigenvalue weighted by atomic mass is 10.4. The molecule has 6 nitrogen and oxygen atoms in total. The van der Waals surface area contributed by atoms with E-state index in [0.717, 1.165) is 20.0 Å². The van der Waals surface area contributed by atoms with E-state index in [2.05, 4.69) is 4.74 Å². The van der Waals surface area contributed by atoms with Crippen LogP contribution in [0.2, 0.25) is 0 Å². The van der Waals surface area contributed by atoms with Crippen LogP contribution in [0.3, 0.4) is 0 Å². The summed E-state index contributed by atoms with van der Waals surface area (Å²) < 4.78 is 29.8. The zero-order chi connectivity index (χ0) is 9.90. The van der Waals surface area contributed by atoms with Crippen molar-refractivity contribution in [3.05, 3.63) is 0 Å². The van der Waals surface area contributed by atoms with Crippen LogP contribution in [0, 0.1) is 0 Å². The average molecular weight is 208 g/mol. The standard InChI is InChI=1S/C6H12N2O4S/c1-12-6(9)7-13(10,11)8-4-2-3-5-8/h2-5H2,1H3,(H,7,9). The van der Waals surface area contributed by atoms with Gasteiger partial charge in [0.05, 0.1) is 7.11 Å². The van der Waals surface area contributed by atoms with Gasteiger partial charge in [-0.15, -0.1) is 0 Å². The van der Waals surface area contributed by atoms with Gasteiger partial charge in [0.15, 0.2) is 0 Å². The number of ether oxygens (including phenoxy) is 1. The molecule has 0 unspecified atom stereocenters. The van der Waals surface area contributed by atoms with Gasteiger partial charge in [0.2, 0.25) is 0 Å². The van der Waals surface area contributed by atoms with E-state index in [4.69, 9.17) is 0 Å². The fourth-order valence-corrected chi connectivity index (χ4v) is 2.30. The molecular weight excluding hydrogens is 196 g/mol. The topological polar surface area (TPSA) is 75.7 Å². The van der Waals surface area contributed by atoms with Crippen LogP contribution in [0.15, 0.2) is 0 Å². The molecule has 76 valence electrons. The highest BCUT2D eigenvalue weighted by Crippen LogP contribution is 2.10. The van der Waals surface area contributed by atoms with Crippen LogP contribution in [0.1, 0.15) is 12.8 Å². The van der Waals surface area contributed by atoms with Crippen LogP contribution < -0.4 is 4.72 Å². The fraction of sp³-hybridized carbons (Fsp3) is 0.833. The smallest absolute Gasteiger partial charge is 0.421 e. The van der Waals surface area contributed by atoms with Crippen LogP contribution >= 0.6 is 0 Å². The maximum atomic E-state index is 11.3. The van der Waals surface area contributed by atoms with Crippen molar-refractivity contribution in [2.45, 2.75) is 12.8 Å². The van der Waals surface area contributed by atoms with Gasteiger partial charge in [-0.3, -0.25) is 0 Å². The molecule has 13 heavy (non-hydrogen) atoms. The van der Waals surface area contributed by atoms with Crippen LogP contribution in [0.5, 0.6) is 0 Å². The molecule has 1 aliphatic heterocycles. The molecule has 1 aliphatic rings. The maximum Gasteiger partial charge on any atom is 0.421 e. The molecule has 1 saturated heterocycles. The van der Waals surface area contributed by atoms with Crippen LogP contribution in [-0.4, -0.2) is 39.0 Å². The summed E-state index contributed by atoms with van der Waals surface area (Å²) in [5, 5.41) is 0. The van der Waals surface area contributed by atoms with Gasteiger partial charge in [-0.1, -0.05) is 0 Å². The molecule has 1 heterocycles. The van der Waals surface area contributed by atoms with Crippen molar-refractivity contribution in [1.82, 2.24) is 9.03 Å². The molecule has 0 aromatic rings. The number of rotatable bonds is 2. The van der Waals surface area contributed by atoms with E-state index in [1.165, 1.54) is 4.31 Å². The highest BCUT2D eigenvalue weighted by Gasteiger charge is 2.26. The van der Waals surface area contributed by atoms with E-state index in [1.54, 1.807) is 4.72 Å². The Kier molecular flexibility index (Phi) is 3.10. The Morgan fingerprint density at radius 2 is 1.92 bits per heavy atom. The van der Waals surface area contributed by atoms with E-state index in [1.807, 2.05) is 0 Å². The molecule has 1 fully saturated rings. The maximum absolute atomic E-state index is 11.3. The van der Waals surface area contributed by atoms with Gasteiger partial charge in [0, 0.05) is 13.1 Å². The van der Waals surface area contributed by atoms with Crippen molar-refractivity contribution in [2.75, 3.05) is 20.2 Å². The molecule has 1 amide bonds. The van der Waals surface area contributed by atoms with Crippen LogP contribution in [0.25, 0.3) is 0 Å². The molecule has 0 spiro atoms. The van der Waals surface area contributed by atoms with Gasteiger partial charge < -0.3 is 4.74 Å².